The first-order valence-electron chi connectivity index (χ1n) is 23.6. The summed E-state index contributed by atoms with van der Waals surface area (Å²) >= 11 is 0. The van der Waals surface area contributed by atoms with Crippen LogP contribution in [0.1, 0.15) is 11.1 Å². The van der Waals surface area contributed by atoms with Crippen molar-refractivity contribution in [2.45, 2.75) is 0 Å². The summed E-state index contributed by atoms with van der Waals surface area (Å²) in [5, 5.41) is 40.0. The summed E-state index contributed by atoms with van der Waals surface area (Å²) in [6.45, 7) is 0. The summed E-state index contributed by atoms with van der Waals surface area (Å²) in [7, 11) is 0. The van der Waals surface area contributed by atoms with Crippen molar-refractivity contribution in [3.8, 4) is 11.1 Å². The molecule has 0 radical (unpaired) electrons. The van der Waals surface area contributed by atoms with Crippen LogP contribution >= 0.6 is 0 Å². The van der Waals surface area contributed by atoms with E-state index in [-0.39, 0.29) is 63.2 Å². The number of aromatic amines is 2. The van der Waals surface area contributed by atoms with E-state index < -0.39 is 0 Å². The number of nitrogens with one attached hydrogen (secondary N) is 2. The summed E-state index contributed by atoms with van der Waals surface area (Å²) in [5.41, 5.74) is 7.76. The van der Waals surface area contributed by atoms with E-state index in [1.807, 2.05) is 170 Å². The predicted molar refractivity (Wildman–Crippen MR) is 306 cm³/mol. The average Bonchev–Trinajstić information content (AvgIpc) is 4.21. The number of pyridine rings is 3. The van der Waals surface area contributed by atoms with Gasteiger partial charge in [0.15, 0.2) is 0 Å². The molecule has 2 N–H and O–H groups in total. The van der Waals surface area contributed by atoms with Crippen LogP contribution in [0.3, 0.4) is 0 Å². The first-order chi connectivity index (χ1) is 36.7. The maximum atomic E-state index is 8.38. The summed E-state index contributed by atoms with van der Waals surface area (Å²) in [5.74, 6) is 0. The maximum absolute atomic E-state index is 8.38. The number of fused-ring (bicyclic) bond motifs is 8. The van der Waals surface area contributed by atoms with Crippen LogP contribution in [0.25, 0.3) is 87.1 Å². The van der Waals surface area contributed by atoms with Gasteiger partial charge < -0.3 is 15.8 Å². The summed E-state index contributed by atoms with van der Waals surface area (Å²) < 4.78 is 0. The van der Waals surface area contributed by atoms with Gasteiger partial charge in [-0.25, -0.2) is 11.1 Å². The Morgan fingerprint density at radius 2 is 0.740 bits per heavy atom. The van der Waals surface area contributed by atoms with Crippen molar-refractivity contribution < 1.29 is 63.2 Å². The third-order valence-electron chi connectivity index (χ3n) is 11.0. The molecule has 5 heterocycles. The molecule has 0 aliphatic heterocycles. The fourth-order valence-corrected chi connectivity index (χ4v) is 7.39. The Labute approximate surface area is 491 Å². The van der Waals surface area contributed by atoms with Crippen LogP contribution in [0, 0.1) is 24.4 Å². The second-order valence-electron chi connectivity index (χ2n) is 16.0. The Kier molecular flexibility index (Phi) is 25.6. The van der Waals surface area contributed by atoms with Gasteiger partial charge in [0.2, 0.25) is 0 Å². The molecule has 9 nitrogen and oxygen atoms in total. The van der Waals surface area contributed by atoms with Crippen molar-refractivity contribution >= 4 is 77.6 Å². The third-order valence-corrected chi connectivity index (χ3v) is 11.0. The summed E-state index contributed by atoms with van der Waals surface area (Å²) in [6.07, 6.45) is 14.2. The van der Waals surface area contributed by atoms with Gasteiger partial charge in [0.1, 0.15) is 0 Å². The normalized spacial score (nSPS) is 9.61. The molecule has 12 heteroatoms. The number of nitrogens with zero attached hydrogens (tertiary/aromatic N) is 7. The fourth-order valence-electron chi connectivity index (χ4n) is 7.39. The average molecular weight is 1510 g/mol. The zero-order chi connectivity index (χ0) is 50.8. The minimum absolute atomic E-state index is 0. The van der Waals surface area contributed by atoms with E-state index in [9.17, 15) is 0 Å². The molecule has 0 unspecified atom stereocenters. The van der Waals surface area contributed by atoms with Crippen molar-refractivity contribution in [1.82, 2.24) is 35.3 Å². The topological polar surface area (TPSA) is 141 Å². The number of hydrogen-bond acceptors (Lipinski definition) is 5. The molecule has 0 atom stereocenters. The number of para-hydroxylation sites is 4. The van der Waals surface area contributed by atoms with Gasteiger partial charge in [-0.05, 0) is 35.0 Å². The largest absolute Gasteiger partial charge is 2.00 e. The SMILES string of the molecule is [N-]=Cc1[c-]cccc1.[N-]=Cc1[c-]cccc1.[W+2].[W+2].[W+2].[c-]1ccccc1-c1[c-]nccc1.c1ccc2[nH]ncc2c1.c1ccc2[nH]ncc2c1.c1ccc2c(c1)cnc1ccccc12.c1ccc2c(c1)cnc1ccccc12. The molecule has 0 aliphatic carbocycles. The first kappa shape index (κ1) is 59.7. The second kappa shape index (κ2) is 33.0. The number of hydrogen-bond donors (Lipinski definition) is 2. The Bertz CT molecular complexity index is 3490. The molecule has 370 valence electrons. The Morgan fingerprint density at radius 3 is 1.13 bits per heavy atom. The molecular formula is C65H47N9W3. The van der Waals surface area contributed by atoms with Crippen molar-refractivity contribution in [3.63, 3.8) is 0 Å². The van der Waals surface area contributed by atoms with E-state index in [1.165, 1.54) is 32.3 Å². The quantitative estimate of drug-likeness (QED) is 0.103. The summed E-state index contributed by atoms with van der Waals surface area (Å²) in [6, 6.07) is 84.0. The molecule has 0 bridgehead atoms. The predicted octanol–water partition coefficient (Wildman–Crippen LogP) is 15.2. The van der Waals surface area contributed by atoms with E-state index >= 15 is 0 Å². The fraction of sp³-hybridized carbons (Fsp3) is 0. The summed E-state index contributed by atoms with van der Waals surface area (Å²) in [4.78, 5) is 12.7. The molecule has 9 aromatic carbocycles. The molecule has 0 spiro atoms. The van der Waals surface area contributed by atoms with Gasteiger partial charge in [0, 0.05) is 44.7 Å². The van der Waals surface area contributed by atoms with E-state index in [4.69, 9.17) is 10.8 Å². The molecule has 0 saturated heterocycles. The van der Waals surface area contributed by atoms with E-state index in [2.05, 4.69) is 120 Å². The molecule has 14 rings (SSSR count). The van der Waals surface area contributed by atoms with Crippen LogP contribution in [0.4, 0.5) is 0 Å². The van der Waals surface area contributed by atoms with Crippen LogP contribution in [-0.2, 0) is 63.2 Å². The van der Waals surface area contributed by atoms with E-state index in [1.54, 1.807) is 30.5 Å². The van der Waals surface area contributed by atoms with Crippen LogP contribution in [-0.4, -0.2) is 47.8 Å². The molecular weight excluding hydrogens is 1460 g/mol. The van der Waals surface area contributed by atoms with Crippen LogP contribution in [0.15, 0.2) is 262 Å². The molecule has 77 heavy (non-hydrogen) atoms. The van der Waals surface area contributed by atoms with Crippen LogP contribution in [0.2, 0.25) is 0 Å². The van der Waals surface area contributed by atoms with Gasteiger partial charge in [-0.15, -0.1) is 72.8 Å². The van der Waals surface area contributed by atoms with Crippen molar-refractivity contribution in [3.05, 3.63) is 308 Å². The minimum Gasteiger partial charge on any atom is -0.862 e. The van der Waals surface area contributed by atoms with Gasteiger partial charge in [0.05, 0.1) is 34.5 Å². The number of aromatic nitrogens is 7. The first-order valence-corrected chi connectivity index (χ1v) is 23.6. The molecule has 0 saturated carbocycles. The Hall–Kier alpha value is -8.19. The zero-order valence-electron chi connectivity index (χ0n) is 41.3. The molecule has 0 amide bonds. The minimum atomic E-state index is 0. The van der Waals surface area contributed by atoms with Gasteiger partial charge in [-0.3, -0.25) is 32.6 Å². The monoisotopic (exact) mass is 1510 g/mol. The zero-order valence-corrected chi connectivity index (χ0v) is 50.1. The number of rotatable bonds is 3. The molecule has 5 aromatic heterocycles. The second-order valence-corrected chi connectivity index (χ2v) is 16.0. The number of H-pyrrole nitrogens is 2. The number of benzene rings is 9. The van der Waals surface area contributed by atoms with E-state index in [0.29, 0.717) is 11.1 Å². The van der Waals surface area contributed by atoms with Gasteiger partial charge in [-0.2, -0.15) is 51.7 Å². The van der Waals surface area contributed by atoms with Gasteiger partial charge in [0.25, 0.3) is 0 Å². The van der Waals surface area contributed by atoms with Crippen LogP contribution < -0.4 is 0 Å². The van der Waals surface area contributed by atoms with Crippen molar-refractivity contribution in [1.29, 1.82) is 0 Å². The van der Waals surface area contributed by atoms with Gasteiger partial charge >= 0.3 is 63.2 Å². The maximum Gasteiger partial charge on any atom is 2.00 e. The van der Waals surface area contributed by atoms with Crippen LogP contribution in [0.5, 0.6) is 0 Å². The van der Waals surface area contributed by atoms with Crippen molar-refractivity contribution in [2.75, 3.05) is 0 Å². The smallest absolute Gasteiger partial charge is 0.862 e. The van der Waals surface area contributed by atoms with Gasteiger partial charge in [-0.1, -0.05) is 134 Å². The third kappa shape index (κ3) is 18.0. The Morgan fingerprint density at radius 1 is 0.351 bits per heavy atom. The van der Waals surface area contributed by atoms with E-state index in [0.717, 1.165) is 56.4 Å². The molecule has 14 aromatic rings. The molecule has 0 fully saturated rings. The molecule has 0 aliphatic rings. The Balaban J connectivity index is 0.000000167. The van der Waals surface area contributed by atoms with Crippen molar-refractivity contribution in [2.24, 2.45) is 0 Å². The standard InChI is InChI=1S/2C13H9N.C11H7N.2C7H6N2.2C7H5N.3W/c2*1-2-6-11-10(5-1)9-14-13-8-4-3-7-12(11)13;1-2-5-10(6-3-1)11-7-4-8-12-9-11;2*1-2-4-7-6(3-1)5-8-9-7;2*8-6-7-4-2-1-3-5-7;;;/h2*1-9H;1-5,7-8H;2*1-5H,(H,8,9);2*1-4,6H;;;/q;;-2;;;2*-2;3*+2.